The van der Waals surface area contributed by atoms with Gasteiger partial charge in [-0.25, -0.2) is 4.39 Å². The number of halogens is 1. The van der Waals surface area contributed by atoms with Gasteiger partial charge in [0.2, 0.25) is 0 Å². The number of ether oxygens (including phenoxy) is 1. The molecule has 1 radical (unpaired) electrons. The van der Waals surface area contributed by atoms with Crippen molar-refractivity contribution in [3.8, 4) is 22.6 Å². The fourth-order valence-corrected chi connectivity index (χ4v) is 1.56. The highest BCUT2D eigenvalue weighted by Crippen LogP contribution is 2.37. The highest BCUT2D eigenvalue weighted by atomic mass is 19.1. The Morgan fingerprint density at radius 1 is 1.31 bits per heavy atom. The van der Waals surface area contributed by atoms with Crippen LogP contribution in [0.4, 0.5) is 4.39 Å². The summed E-state index contributed by atoms with van der Waals surface area (Å²) >= 11 is 0. The smallest absolute Gasteiger partial charge is 0.131 e. The van der Waals surface area contributed by atoms with E-state index < -0.39 is 0 Å². The van der Waals surface area contributed by atoms with Crippen molar-refractivity contribution in [2.45, 2.75) is 0 Å². The van der Waals surface area contributed by atoms with Crippen LogP contribution in [-0.2, 0) is 0 Å². The molecule has 0 aliphatic carbocycles. The summed E-state index contributed by atoms with van der Waals surface area (Å²) in [5.41, 5.74) is 1.05. The Labute approximate surface area is 92.9 Å². The van der Waals surface area contributed by atoms with E-state index in [9.17, 15) is 9.50 Å². The van der Waals surface area contributed by atoms with Crippen molar-refractivity contribution in [2.75, 3.05) is 7.11 Å². The molecule has 16 heavy (non-hydrogen) atoms. The van der Waals surface area contributed by atoms with Gasteiger partial charge in [-0.2, -0.15) is 0 Å². The molecule has 0 amide bonds. The van der Waals surface area contributed by atoms with Crippen LogP contribution in [0.25, 0.3) is 11.1 Å². The molecule has 0 spiro atoms. The van der Waals surface area contributed by atoms with Gasteiger partial charge in [0, 0.05) is 0 Å². The molecule has 0 aromatic heterocycles. The number of benzene rings is 2. The molecule has 0 heterocycles. The normalized spacial score (nSPS) is 10.1. The highest BCUT2D eigenvalue weighted by Gasteiger charge is 2.11. The number of aromatic hydroxyl groups is 1. The number of methoxy groups -OCH3 is 1. The fourth-order valence-electron chi connectivity index (χ4n) is 1.56. The lowest BCUT2D eigenvalue weighted by atomic mass is 10.0. The van der Waals surface area contributed by atoms with E-state index >= 15 is 0 Å². The Morgan fingerprint density at radius 2 is 2.12 bits per heavy atom. The quantitative estimate of drug-likeness (QED) is 0.837. The summed E-state index contributed by atoms with van der Waals surface area (Å²) in [6.45, 7) is 0. The van der Waals surface area contributed by atoms with Gasteiger partial charge in [-0.15, -0.1) is 0 Å². The zero-order valence-corrected chi connectivity index (χ0v) is 8.70. The second kappa shape index (κ2) is 4.23. The molecule has 0 bridgehead atoms. The van der Waals surface area contributed by atoms with E-state index in [1.54, 1.807) is 18.2 Å². The third kappa shape index (κ3) is 1.84. The van der Waals surface area contributed by atoms with Gasteiger partial charge >= 0.3 is 0 Å². The molecule has 0 aliphatic heterocycles. The molecule has 1 N–H and O–H groups in total. The molecule has 81 valence electrons. The first-order chi connectivity index (χ1) is 7.72. The molecule has 2 aromatic rings. The van der Waals surface area contributed by atoms with Crippen LogP contribution >= 0.6 is 0 Å². The Morgan fingerprint density at radius 3 is 2.81 bits per heavy atom. The van der Waals surface area contributed by atoms with Crippen LogP contribution in [0.1, 0.15) is 0 Å². The van der Waals surface area contributed by atoms with Crippen molar-refractivity contribution in [1.29, 1.82) is 0 Å². The molecule has 0 saturated heterocycles. The number of rotatable bonds is 2. The molecule has 0 fully saturated rings. The van der Waals surface area contributed by atoms with E-state index in [4.69, 9.17) is 4.74 Å². The van der Waals surface area contributed by atoms with E-state index in [0.717, 1.165) is 0 Å². The van der Waals surface area contributed by atoms with Gasteiger partial charge in [0.25, 0.3) is 0 Å². The topological polar surface area (TPSA) is 29.5 Å². The second-order valence-corrected chi connectivity index (χ2v) is 3.29. The zero-order valence-electron chi connectivity index (χ0n) is 8.70. The molecular formula is C13H10FO2. The first-order valence-corrected chi connectivity index (χ1v) is 4.75. The van der Waals surface area contributed by atoms with Crippen molar-refractivity contribution in [3.05, 3.63) is 48.3 Å². The maximum absolute atomic E-state index is 13.1. The predicted octanol–water partition coefficient (Wildman–Crippen LogP) is 3.01. The van der Waals surface area contributed by atoms with Crippen molar-refractivity contribution in [1.82, 2.24) is 0 Å². The van der Waals surface area contributed by atoms with E-state index in [-0.39, 0.29) is 11.6 Å². The van der Waals surface area contributed by atoms with Crippen molar-refractivity contribution >= 4 is 0 Å². The average molecular weight is 217 g/mol. The monoisotopic (exact) mass is 217 g/mol. The SMILES string of the molecule is COc1c[c]cc(O)c1-c1cccc(F)c1. The Kier molecular flexibility index (Phi) is 2.77. The lowest BCUT2D eigenvalue weighted by molar-refractivity contribution is 0.410. The molecule has 2 rings (SSSR count). The Balaban J connectivity index is 2.63. The van der Waals surface area contributed by atoms with Gasteiger partial charge in [0.1, 0.15) is 17.3 Å². The summed E-state index contributed by atoms with van der Waals surface area (Å²) in [7, 11) is 1.49. The predicted molar refractivity (Wildman–Crippen MR) is 58.9 cm³/mol. The summed E-state index contributed by atoms with van der Waals surface area (Å²) in [5.74, 6) is 0.127. The standard InChI is InChI=1S/C13H10FO2/c1-16-12-7-3-6-11(15)13(12)9-4-2-5-10(14)8-9/h2,4-8,15H,1H3. The first kappa shape index (κ1) is 10.5. The summed E-state index contributed by atoms with van der Waals surface area (Å²) in [5, 5.41) is 9.73. The second-order valence-electron chi connectivity index (χ2n) is 3.29. The van der Waals surface area contributed by atoms with Crippen LogP contribution in [0.5, 0.6) is 11.5 Å². The summed E-state index contributed by atoms with van der Waals surface area (Å²) in [6, 6.07) is 11.7. The van der Waals surface area contributed by atoms with Crippen LogP contribution in [0.3, 0.4) is 0 Å². The summed E-state index contributed by atoms with van der Waals surface area (Å²) in [4.78, 5) is 0. The largest absolute Gasteiger partial charge is 0.507 e. The van der Waals surface area contributed by atoms with Gasteiger partial charge in [-0.05, 0) is 35.9 Å². The number of phenolic OH excluding ortho intramolecular Hbond substituents is 1. The van der Waals surface area contributed by atoms with Gasteiger partial charge < -0.3 is 9.84 Å². The van der Waals surface area contributed by atoms with E-state index in [1.807, 2.05) is 0 Å². The van der Waals surface area contributed by atoms with Crippen molar-refractivity contribution in [3.63, 3.8) is 0 Å². The minimum absolute atomic E-state index is 0.0185. The zero-order chi connectivity index (χ0) is 11.5. The fraction of sp³-hybridized carbons (Fsp3) is 0.0769. The lowest BCUT2D eigenvalue weighted by Gasteiger charge is -2.10. The molecule has 0 aliphatic rings. The number of hydrogen-bond donors (Lipinski definition) is 1. The van der Waals surface area contributed by atoms with E-state index in [2.05, 4.69) is 6.07 Å². The highest BCUT2D eigenvalue weighted by molar-refractivity contribution is 5.76. The molecule has 0 atom stereocenters. The maximum Gasteiger partial charge on any atom is 0.131 e. The Bertz CT molecular complexity index is 509. The van der Waals surface area contributed by atoms with E-state index in [0.29, 0.717) is 16.9 Å². The van der Waals surface area contributed by atoms with Crippen LogP contribution in [0, 0.1) is 11.9 Å². The maximum atomic E-state index is 13.1. The lowest BCUT2D eigenvalue weighted by Crippen LogP contribution is -1.89. The number of hydrogen-bond acceptors (Lipinski definition) is 2. The van der Waals surface area contributed by atoms with E-state index in [1.165, 1.54) is 25.3 Å². The minimum Gasteiger partial charge on any atom is -0.507 e. The molecule has 2 nitrogen and oxygen atoms in total. The first-order valence-electron chi connectivity index (χ1n) is 4.75. The molecule has 2 aromatic carbocycles. The summed E-state index contributed by atoms with van der Waals surface area (Å²) < 4.78 is 18.2. The van der Waals surface area contributed by atoms with Crippen molar-refractivity contribution in [2.24, 2.45) is 0 Å². The molecule has 0 unspecified atom stereocenters. The minimum atomic E-state index is -0.355. The van der Waals surface area contributed by atoms with Gasteiger partial charge in [-0.1, -0.05) is 12.1 Å². The van der Waals surface area contributed by atoms with Gasteiger partial charge in [0.05, 0.1) is 12.7 Å². The molecule has 0 saturated carbocycles. The number of phenols is 1. The third-order valence-corrected chi connectivity index (χ3v) is 2.27. The Hall–Kier alpha value is -2.03. The van der Waals surface area contributed by atoms with Crippen molar-refractivity contribution < 1.29 is 14.2 Å². The van der Waals surface area contributed by atoms with Crippen LogP contribution < -0.4 is 4.74 Å². The molecular weight excluding hydrogens is 207 g/mol. The van der Waals surface area contributed by atoms with Crippen LogP contribution in [0.15, 0.2) is 36.4 Å². The van der Waals surface area contributed by atoms with Gasteiger partial charge in [-0.3, -0.25) is 0 Å². The van der Waals surface area contributed by atoms with Crippen LogP contribution in [0.2, 0.25) is 0 Å². The molecule has 3 heteroatoms. The van der Waals surface area contributed by atoms with Gasteiger partial charge in [0.15, 0.2) is 0 Å². The third-order valence-electron chi connectivity index (χ3n) is 2.27. The average Bonchev–Trinajstić information content (AvgIpc) is 2.28. The van der Waals surface area contributed by atoms with Crippen LogP contribution in [-0.4, -0.2) is 12.2 Å². The summed E-state index contributed by atoms with van der Waals surface area (Å²) in [6.07, 6.45) is 0.